The van der Waals surface area contributed by atoms with Crippen LogP contribution in [0, 0.1) is 0 Å². The molecule has 1 saturated carbocycles. The topological polar surface area (TPSA) is 105 Å². The van der Waals surface area contributed by atoms with Gasteiger partial charge in [-0.25, -0.2) is 4.79 Å². The fourth-order valence-electron chi connectivity index (χ4n) is 1.79. The number of nitrogen functional groups attached to an aromatic ring is 1. The minimum Gasteiger partial charge on any atom is -0.480 e. The number of aromatic nitrogens is 1. The summed E-state index contributed by atoms with van der Waals surface area (Å²) in [6, 6.07) is 1.47. The molecule has 1 aromatic heterocycles. The van der Waals surface area contributed by atoms with Gasteiger partial charge in [-0.05, 0) is 25.3 Å². The third-order valence-corrected chi connectivity index (χ3v) is 2.99. The number of carboxylic acids is 1. The van der Waals surface area contributed by atoms with Crippen LogP contribution in [0.3, 0.4) is 0 Å². The zero-order valence-electron chi connectivity index (χ0n) is 9.14. The Morgan fingerprint density at radius 2 is 2.12 bits per heavy atom. The van der Waals surface area contributed by atoms with Crippen molar-refractivity contribution in [3.8, 4) is 0 Å². The largest absolute Gasteiger partial charge is 0.480 e. The Kier molecular flexibility index (Phi) is 2.71. The molecule has 1 aromatic rings. The second-order valence-electron chi connectivity index (χ2n) is 4.20. The van der Waals surface area contributed by atoms with Gasteiger partial charge in [0.2, 0.25) is 0 Å². The summed E-state index contributed by atoms with van der Waals surface area (Å²) in [7, 11) is 0. The van der Waals surface area contributed by atoms with Crippen molar-refractivity contribution in [1.29, 1.82) is 0 Å². The second kappa shape index (κ2) is 4.04. The molecule has 0 bridgehead atoms. The number of hydrogen-bond acceptors (Lipinski definition) is 4. The van der Waals surface area contributed by atoms with Crippen LogP contribution in [0.5, 0.6) is 0 Å². The molecule has 1 aliphatic carbocycles. The number of hydrogen-bond donors (Lipinski definition) is 3. The summed E-state index contributed by atoms with van der Waals surface area (Å²) in [6.07, 6.45) is 4.52. The Morgan fingerprint density at radius 3 is 2.59 bits per heavy atom. The number of pyridine rings is 1. The van der Waals surface area contributed by atoms with Gasteiger partial charge in [-0.2, -0.15) is 0 Å². The predicted octanol–water partition coefficient (Wildman–Crippen LogP) is 0.401. The first kappa shape index (κ1) is 11.4. The van der Waals surface area contributed by atoms with E-state index < -0.39 is 17.4 Å². The molecule has 1 amide bonds. The highest BCUT2D eigenvalue weighted by Gasteiger charge is 2.45. The van der Waals surface area contributed by atoms with Crippen LogP contribution < -0.4 is 11.1 Å². The molecule has 1 aliphatic rings. The standard InChI is InChI=1S/C11H13N3O3/c12-8-4-7(5-13-6-8)9(15)14-11(10(16)17)2-1-3-11/h4-6H,1-3,12H2,(H,14,15)(H,16,17). The van der Waals surface area contributed by atoms with Crippen LogP contribution in [0.15, 0.2) is 18.5 Å². The number of nitrogens with zero attached hydrogens (tertiary/aromatic N) is 1. The van der Waals surface area contributed by atoms with Crippen molar-refractivity contribution in [2.24, 2.45) is 0 Å². The van der Waals surface area contributed by atoms with Crippen molar-refractivity contribution in [1.82, 2.24) is 10.3 Å². The molecule has 0 aromatic carbocycles. The van der Waals surface area contributed by atoms with Crippen LogP contribution >= 0.6 is 0 Å². The monoisotopic (exact) mass is 235 g/mol. The van der Waals surface area contributed by atoms with Gasteiger partial charge >= 0.3 is 5.97 Å². The highest BCUT2D eigenvalue weighted by molar-refractivity contribution is 5.98. The number of anilines is 1. The molecular formula is C11H13N3O3. The van der Waals surface area contributed by atoms with E-state index in [9.17, 15) is 9.59 Å². The van der Waals surface area contributed by atoms with E-state index in [1.54, 1.807) is 0 Å². The Labute approximate surface area is 97.8 Å². The summed E-state index contributed by atoms with van der Waals surface area (Å²) in [5.74, 6) is -1.44. The van der Waals surface area contributed by atoms with E-state index in [1.807, 2.05) is 0 Å². The minimum atomic E-state index is -1.11. The number of nitrogens with one attached hydrogen (secondary N) is 1. The van der Waals surface area contributed by atoms with Crippen LogP contribution in [0.1, 0.15) is 29.6 Å². The Hall–Kier alpha value is -2.11. The van der Waals surface area contributed by atoms with Gasteiger partial charge in [-0.1, -0.05) is 0 Å². The number of rotatable bonds is 3. The van der Waals surface area contributed by atoms with Crippen molar-refractivity contribution in [2.75, 3.05) is 5.73 Å². The molecule has 6 nitrogen and oxygen atoms in total. The van der Waals surface area contributed by atoms with Gasteiger partial charge in [0.15, 0.2) is 0 Å². The highest BCUT2D eigenvalue weighted by Crippen LogP contribution is 2.32. The van der Waals surface area contributed by atoms with Crippen LogP contribution in [0.4, 0.5) is 5.69 Å². The lowest BCUT2D eigenvalue weighted by molar-refractivity contribution is -0.148. The summed E-state index contributed by atoms with van der Waals surface area (Å²) in [4.78, 5) is 26.7. The molecule has 4 N–H and O–H groups in total. The molecule has 90 valence electrons. The maximum absolute atomic E-state index is 11.8. The van der Waals surface area contributed by atoms with Gasteiger partial charge in [0, 0.05) is 12.4 Å². The van der Waals surface area contributed by atoms with E-state index in [-0.39, 0.29) is 5.56 Å². The lowest BCUT2D eigenvalue weighted by atomic mass is 9.76. The number of carbonyl (C=O) groups excluding carboxylic acids is 1. The molecule has 0 radical (unpaired) electrons. The highest BCUT2D eigenvalue weighted by atomic mass is 16.4. The molecule has 6 heteroatoms. The average molecular weight is 235 g/mol. The fourth-order valence-corrected chi connectivity index (χ4v) is 1.79. The number of nitrogens with two attached hydrogens (primary N) is 1. The lowest BCUT2D eigenvalue weighted by Crippen LogP contribution is -2.59. The van der Waals surface area contributed by atoms with Crippen molar-refractivity contribution < 1.29 is 14.7 Å². The summed E-state index contributed by atoms with van der Waals surface area (Å²) in [5, 5.41) is 11.6. The van der Waals surface area contributed by atoms with Gasteiger partial charge in [0.1, 0.15) is 5.54 Å². The summed E-state index contributed by atoms with van der Waals surface area (Å²) in [6.45, 7) is 0. The van der Waals surface area contributed by atoms with Crippen LogP contribution in [0.25, 0.3) is 0 Å². The first-order valence-electron chi connectivity index (χ1n) is 5.30. The zero-order chi connectivity index (χ0) is 12.5. The number of amides is 1. The molecule has 17 heavy (non-hydrogen) atoms. The van der Waals surface area contributed by atoms with Crippen LogP contribution in [-0.4, -0.2) is 27.5 Å². The number of carboxylic acid groups (broad SMARTS) is 1. The van der Waals surface area contributed by atoms with E-state index >= 15 is 0 Å². The summed E-state index contributed by atoms with van der Waals surface area (Å²) < 4.78 is 0. The van der Waals surface area contributed by atoms with Crippen molar-refractivity contribution >= 4 is 17.6 Å². The van der Waals surface area contributed by atoms with Crippen molar-refractivity contribution in [3.05, 3.63) is 24.0 Å². The maximum Gasteiger partial charge on any atom is 0.329 e. The predicted molar refractivity (Wildman–Crippen MR) is 60.3 cm³/mol. The van der Waals surface area contributed by atoms with E-state index in [1.165, 1.54) is 18.5 Å². The molecular weight excluding hydrogens is 222 g/mol. The molecule has 0 spiro atoms. The SMILES string of the molecule is Nc1cncc(C(=O)NC2(C(=O)O)CCC2)c1. The van der Waals surface area contributed by atoms with E-state index in [0.29, 0.717) is 18.5 Å². The summed E-state index contributed by atoms with van der Waals surface area (Å²) >= 11 is 0. The molecule has 0 saturated heterocycles. The van der Waals surface area contributed by atoms with Gasteiger partial charge in [-0.15, -0.1) is 0 Å². The Bertz CT molecular complexity index is 469. The minimum absolute atomic E-state index is 0.275. The van der Waals surface area contributed by atoms with E-state index in [4.69, 9.17) is 10.8 Å². The van der Waals surface area contributed by atoms with Crippen LogP contribution in [0.2, 0.25) is 0 Å². The Balaban J connectivity index is 2.14. The van der Waals surface area contributed by atoms with Gasteiger partial charge in [0.05, 0.1) is 11.3 Å². The zero-order valence-corrected chi connectivity index (χ0v) is 9.14. The number of carbonyl (C=O) groups is 2. The van der Waals surface area contributed by atoms with E-state index in [0.717, 1.165) is 6.42 Å². The molecule has 1 fully saturated rings. The molecule has 1 heterocycles. The number of aliphatic carboxylic acids is 1. The third kappa shape index (κ3) is 2.06. The fraction of sp³-hybridized carbons (Fsp3) is 0.364. The molecule has 0 aliphatic heterocycles. The van der Waals surface area contributed by atoms with Crippen LogP contribution in [-0.2, 0) is 4.79 Å². The van der Waals surface area contributed by atoms with Gasteiger partial charge < -0.3 is 16.2 Å². The van der Waals surface area contributed by atoms with Gasteiger partial charge in [0.25, 0.3) is 5.91 Å². The smallest absolute Gasteiger partial charge is 0.329 e. The average Bonchev–Trinajstić information content (AvgIpc) is 2.22. The second-order valence-corrected chi connectivity index (χ2v) is 4.20. The molecule has 0 atom stereocenters. The maximum atomic E-state index is 11.8. The molecule has 0 unspecified atom stereocenters. The lowest BCUT2D eigenvalue weighted by Gasteiger charge is -2.38. The first-order chi connectivity index (χ1) is 8.03. The molecule has 2 rings (SSSR count). The van der Waals surface area contributed by atoms with Crippen molar-refractivity contribution in [2.45, 2.75) is 24.8 Å². The van der Waals surface area contributed by atoms with E-state index in [2.05, 4.69) is 10.3 Å². The normalized spacial score (nSPS) is 16.9. The van der Waals surface area contributed by atoms with Gasteiger partial charge in [-0.3, -0.25) is 9.78 Å². The van der Waals surface area contributed by atoms with Crippen molar-refractivity contribution in [3.63, 3.8) is 0 Å². The summed E-state index contributed by atoms with van der Waals surface area (Å²) in [5.41, 5.74) is 5.04. The third-order valence-electron chi connectivity index (χ3n) is 2.99. The quantitative estimate of drug-likeness (QED) is 0.703. The Morgan fingerprint density at radius 1 is 1.41 bits per heavy atom. The first-order valence-corrected chi connectivity index (χ1v) is 5.30.